The molecule has 0 atom stereocenters. The molecule has 4 rings (SSSR count). The molecule has 7 nitrogen and oxygen atoms in total. The number of thiocarbonyl (C=S) groups is 1. The standard InChI is InChI=1S/C23H19N5O2S/c1-30-18-11-9-17(10-12-18)25-23(31)28-27-22(29)19-14-16-8-5-13-24-21(16)26-20(19)15-6-3-2-4-7-15/h2-14H,1H3,(H,27,29)(H2,25,28,31). The van der Waals surface area contributed by atoms with Crippen LogP contribution in [0.15, 0.2) is 79.0 Å². The highest BCUT2D eigenvalue weighted by Crippen LogP contribution is 2.24. The Balaban J connectivity index is 1.53. The minimum Gasteiger partial charge on any atom is -0.497 e. The predicted octanol–water partition coefficient (Wildman–Crippen LogP) is 3.94. The van der Waals surface area contributed by atoms with Crippen molar-refractivity contribution in [3.63, 3.8) is 0 Å². The Bertz CT molecular complexity index is 1230. The molecular formula is C23H19N5O2S. The fourth-order valence-electron chi connectivity index (χ4n) is 3.01. The van der Waals surface area contributed by atoms with Gasteiger partial charge in [-0.3, -0.25) is 15.6 Å². The molecule has 31 heavy (non-hydrogen) atoms. The Kier molecular flexibility index (Phi) is 6.00. The van der Waals surface area contributed by atoms with Crippen molar-refractivity contribution >= 4 is 40.0 Å². The molecule has 0 radical (unpaired) electrons. The Hall–Kier alpha value is -4.04. The molecule has 0 aliphatic heterocycles. The third kappa shape index (κ3) is 4.76. The van der Waals surface area contributed by atoms with Gasteiger partial charge in [-0.1, -0.05) is 30.3 Å². The lowest BCUT2D eigenvalue weighted by molar-refractivity contribution is 0.0944. The van der Waals surface area contributed by atoms with Crippen LogP contribution in [0.25, 0.3) is 22.3 Å². The maximum absolute atomic E-state index is 13.0. The van der Waals surface area contributed by atoms with Gasteiger partial charge in [0, 0.05) is 22.8 Å². The van der Waals surface area contributed by atoms with Crippen molar-refractivity contribution in [1.82, 2.24) is 20.8 Å². The highest BCUT2D eigenvalue weighted by atomic mass is 32.1. The van der Waals surface area contributed by atoms with E-state index in [4.69, 9.17) is 17.0 Å². The number of hydrazine groups is 1. The van der Waals surface area contributed by atoms with Crippen molar-refractivity contribution in [3.05, 3.63) is 84.6 Å². The number of fused-ring (bicyclic) bond motifs is 1. The second-order valence-electron chi connectivity index (χ2n) is 6.56. The zero-order valence-corrected chi connectivity index (χ0v) is 17.4. The van der Waals surface area contributed by atoms with Crippen LogP contribution in [0.3, 0.4) is 0 Å². The van der Waals surface area contributed by atoms with E-state index < -0.39 is 0 Å². The van der Waals surface area contributed by atoms with E-state index in [1.807, 2.05) is 60.7 Å². The van der Waals surface area contributed by atoms with Gasteiger partial charge in [0.25, 0.3) is 5.91 Å². The second kappa shape index (κ2) is 9.19. The highest BCUT2D eigenvalue weighted by molar-refractivity contribution is 7.80. The minimum atomic E-state index is -0.365. The van der Waals surface area contributed by atoms with Gasteiger partial charge in [-0.2, -0.15) is 0 Å². The molecule has 0 unspecified atom stereocenters. The SMILES string of the molecule is COc1ccc(NC(=S)NNC(=O)c2cc3cccnc3nc2-c2ccccc2)cc1. The van der Waals surface area contributed by atoms with Crippen LogP contribution in [0, 0.1) is 0 Å². The topological polar surface area (TPSA) is 88.2 Å². The number of nitrogens with zero attached hydrogens (tertiary/aromatic N) is 2. The molecule has 0 saturated carbocycles. The number of carbonyl (C=O) groups excluding carboxylic acids is 1. The van der Waals surface area contributed by atoms with E-state index in [1.54, 1.807) is 25.4 Å². The van der Waals surface area contributed by atoms with Crippen molar-refractivity contribution < 1.29 is 9.53 Å². The number of aromatic nitrogens is 2. The van der Waals surface area contributed by atoms with Crippen molar-refractivity contribution in [3.8, 4) is 17.0 Å². The van der Waals surface area contributed by atoms with Crippen LogP contribution in [0.4, 0.5) is 5.69 Å². The third-order valence-corrected chi connectivity index (χ3v) is 4.72. The number of pyridine rings is 2. The lowest BCUT2D eigenvalue weighted by Gasteiger charge is -2.14. The lowest BCUT2D eigenvalue weighted by atomic mass is 10.0. The van der Waals surface area contributed by atoms with Crippen LogP contribution in [-0.2, 0) is 0 Å². The number of carbonyl (C=O) groups is 1. The Labute approximate surface area is 184 Å². The molecule has 0 spiro atoms. The van der Waals surface area contributed by atoms with Crippen LogP contribution in [0.5, 0.6) is 5.75 Å². The van der Waals surface area contributed by atoms with Gasteiger partial charge in [-0.05, 0) is 54.7 Å². The van der Waals surface area contributed by atoms with E-state index >= 15 is 0 Å². The van der Waals surface area contributed by atoms with Gasteiger partial charge >= 0.3 is 0 Å². The van der Waals surface area contributed by atoms with E-state index in [0.717, 1.165) is 22.4 Å². The van der Waals surface area contributed by atoms with Crippen molar-refractivity contribution in [2.75, 3.05) is 12.4 Å². The van der Waals surface area contributed by atoms with Crippen molar-refractivity contribution in [1.29, 1.82) is 0 Å². The first-order valence-corrected chi connectivity index (χ1v) is 9.87. The smallest absolute Gasteiger partial charge is 0.271 e. The van der Waals surface area contributed by atoms with E-state index in [9.17, 15) is 4.79 Å². The van der Waals surface area contributed by atoms with Gasteiger partial charge in [-0.15, -0.1) is 0 Å². The number of anilines is 1. The van der Waals surface area contributed by atoms with Crippen LogP contribution in [0.1, 0.15) is 10.4 Å². The molecular weight excluding hydrogens is 410 g/mol. The molecule has 4 aromatic rings. The maximum Gasteiger partial charge on any atom is 0.271 e. The summed E-state index contributed by atoms with van der Waals surface area (Å²) in [7, 11) is 1.60. The molecule has 0 bridgehead atoms. The Morgan fingerprint density at radius 1 is 0.968 bits per heavy atom. The number of rotatable bonds is 4. The first-order valence-electron chi connectivity index (χ1n) is 9.46. The summed E-state index contributed by atoms with van der Waals surface area (Å²) in [5.74, 6) is 0.375. The number of benzene rings is 2. The fourth-order valence-corrected chi connectivity index (χ4v) is 3.18. The van der Waals surface area contributed by atoms with Crippen LogP contribution < -0.4 is 20.9 Å². The van der Waals surface area contributed by atoms with Crippen molar-refractivity contribution in [2.24, 2.45) is 0 Å². The summed E-state index contributed by atoms with van der Waals surface area (Å²) in [5, 5.41) is 4.02. The first kappa shape index (κ1) is 20.2. The molecule has 2 aromatic heterocycles. The third-order valence-electron chi connectivity index (χ3n) is 4.52. The van der Waals surface area contributed by atoms with E-state index in [1.165, 1.54) is 0 Å². The summed E-state index contributed by atoms with van der Waals surface area (Å²) in [6.07, 6.45) is 1.68. The average Bonchev–Trinajstić information content (AvgIpc) is 2.82. The van der Waals surface area contributed by atoms with Gasteiger partial charge in [0.1, 0.15) is 5.75 Å². The molecule has 3 N–H and O–H groups in total. The van der Waals surface area contributed by atoms with Gasteiger partial charge in [-0.25, -0.2) is 9.97 Å². The van der Waals surface area contributed by atoms with Gasteiger partial charge in [0.15, 0.2) is 10.8 Å². The molecule has 8 heteroatoms. The number of methoxy groups -OCH3 is 1. The van der Waals surface area contributed by atoms with Gasteiger partial charge in [0.05, 0.1) is 18.4 Å². The predicted molar refractivity (Wildman–Crippen MR) is 125 cm³/mol. The van der Waals surface area contributed by atoms with E-state index in [2.05, 4.69) is 26.1 Å². The quantitative estimate of drug-likeness (QED) is 0.335. The summed E-state index contributed by atoms with van der Waals surface area (Å²) in [6.45, 7) is 0. The number of hydrogen-bond donors (Lipinski definition) is 3. The summed E-state index contributed by atoms with van der Waals surface area (Å²) >= 11 is 5.28. The largest absolute Gasteiger partial charge is 0.497 e. The summed E-state index contributed by atoms with van der Waals surface area (Å²) in [6, 6.07) is 22.2. The summed E-state index contributed by atoms with van der Waals surface area (Å²) in [4.78, 5) is 21.9. The molecule has 0 saturated heterocycles. The van der Waals surface area contributed by atoms with Gasteiger partial charge in [0.2, 0.25) is 0 Å². The summed E-state index contributed by atoms with van der Waals surface area (Å²) < 4.78 is 5.14. The second-order valence-corrected chi connectivity index (χ2v) is 6.97. The van der Waals surface area contributed by atoms with Crippen LogP contribution in [0.2, 0.25) is 0 Å². The molecule has 0 fully saturated rings. The van der Waals surface area contributed by atoms with E-state index in [-0.39, 0.29) is 11.0 Å². The monoisotopic (exact) mass is 429 g/mol. The summed E-state index contributed by atoms with van der Waals surface area (Å²) in [5.41, 5.74) is 8.47. The lowest BCUT2D eigenvalue weighted by Crippen LogP contribution is -2.44. The Morgan fingerprint density at radius 2 is 1.74 bits per heavy atom. The molecule has 2 aromatic carbocycles. The molecule has 154 valence electrons. The maximum atomic E-state index is 13.0. The Morgan fingerprint density at radius 3 is 2.48 bits per heavy atom. The average molecular weight is 430 g/mol. The number of amides is 1. The number of hydrogen-bond acceptors (Lipinski definition) is 5. The highest BCUT2D eigenvalue weighted by Gasteiger charge is 2.16. The number of ether oxygens (including phenoxy) is 1. The zero-order chi connectivity index (χ0) is 21.6. The molecule has 2 heterocycles. The van der Waals surface area contributed by atoms with Gasteiger partial charge < -0.3 is 10.1 Å². The number of nitrogens with one attached hydrogen (secondary N) is 3. The fraction of sp³-hybridized carbons (Fsp3) is 0.0435. The molecule has 0 aliphatic carbocycles. The van der Waals surface area contributed by atoms with Crippen LogP contribution in [-0.4, -0.2) is 28.1 Å². The molecule has 1 amide bonds. The normalized spacial score (nSPS) is 10.4. The minimum absolute atomic E-state index is 0.246. The van der Waals surface area contributed by atoms with Crippen molar-refractivity contribution in [2.45, 2.75) is 0 Å². The van der Waals surface area contributed by atoms with Crippen LogP contribution >= 0.6 is 12.2 Å². The zero-order valence-electron chi connectivity index (χ0n) is 16.6. The van der Waals surface area contributed by atoms with E-state index in [0.29, 0.717) is 16.9 Å². The molecule has 0 aliphatic rings. The first-order chi connectivity index (χ1) is 15.1.